The molecule has 2 aromatic rings. The maximum atomic E-state index is 13.9. The molecule has 34 heavy (non-hydrogen) atoms. The lowest BCUT2D eigenvalue weighted by Crippen LogP contribution is -2.19. The minimum absolute atomic E-state index is 0.0583. The molecular weight excluding hydrogens is 437 g/mol. The number of aliphatic hydroxyl groups is 2. The van der Waals surface area contributed by atoms with Gasteiger partial charge in [-0.15, -0.1) is 0 Å². The van der Waals surface area contributed by atoms with Crippen molar-refractivity contribution in [3.05, 3.63) is 58.2 Å². The van der Waals surface area contributed by atoms with E-state index in [-0.39, 0.29) is 24.1 Å². The average Bonchev–Trinajstić information content (AvgIpc) is 2.71. The molecule has 186 valence electrons. The van der Waals surface area contributed by atoms with Crippen molar-refractivity contribution >= 4 is 12.0 Å². The number of methoxy groups -OCH3 is 1. The minimum Gasteiger partial charge on any atom is -0.481 e. The third-order valence-corrected chi connectivity index (χ3v) is 5.65. The zero-order chi connectivity index (χ0) is 25.6. The topological polar surface area (TPSA) is 99.9 Å². The van der Waals surface area contributed by atoms with E-state index in [2.05, 4.69) is 13.8 Å². The molecule has 0 radical (unpaired) electrons. The van der Waals surface area contributed by atoms with Crippen molar-refractivity contribution in [2.75, 3.05) is 7.11 Å². The Bertz CT molecular complexity index is 1030. The predicted molar refractivity (Wildman–Crippen MR) is 131 cm³/mol. The van der Waals surface area contributed by atoms with E-state index in [0.717, 1.165) is 39.2 Å². The molecule has 2 atom stereocenters. The van der Waals surface area contributed by atoms with Crippen LogP contribution in [0.3, 0.4) is 0 Å². The van der Waals surface area contributed by atoms with Gasteiger partial charge in [0.05, 0.1) is 30.9 Å². The van der Waals surface area contributed by atoms with Crippen molar-refractivity contribution in [3.63, 3.8) is 0 Å². The van der Waals surface area contributed by atoms with Crippen LogP contribution in [0.4, 0.5) is 4.39 Å². The van der Waals surface area contributed by atoms with Crippen LogP contribution in [-0.4, -0.2) is 45.6 Å². The number of pyridine rings is 1. The van der Waals surface area contributed by atoms with Gasteiger partial charge in [0.25, 0.3) is 0 Å². The SMILES string of the molecule is COCc1c(C(C)C)nc(C(C)C)c(/C=C/[C@@H](O)C[C@@H](O)CC(=O)O)c1-c1ccc(F)cc1C. The van der Waals surface area contributed by atoms with Gasteiger partial charge in [-0.1, -0.05) is 45.9 Å². The van der Waals surface area contributed by atoms with Crippen LogP contribution in [0, 0.1) is 12.7 Å². The summed E-state index contributed by atoms with van der Waals surface area (Å²) in [6, 6.07) is 4.66. The summed E-state index contributed by atoms with van der Waals surface area (Å²) in [5.74, 6) is -1.27. The first-order valence-corrected chi connectivity index (χ1v) is 11.5. The van der Waals surface area contributed by atoms with Crippen LogP contribution < -0.4 is 0 Å². The molecule has 6 nitrogen and oxygen atoms in total. The largest absolute Gasteiger partial charge is 0.481 e. The number of carbonyl (C=O) groups is 1. The molecule has 1 aromatic carbocycles. The Morgan fingerprint density at radius 3 is 2.32 bits per heavy atom. The molecule has 0 aliphatic rings. The van der Waals surface area contributed by atoms with Crippen LogP contribution in [0.2, 0.25) is 0 Å². The number of hydrogen-bond acceptors (Lipinski definition) is 5. The Balaban J connectivity index is 2.76. The van der Waals surface area contributed by atoms with Gasteiger partial charge in [-0.3, -0.25) is 9.78 Å². The van der Waals surface area contributed by atoms with Crippen molar-refractivity contribution in [2.45, 2.75) is 78.1 Å². The van der Waals surface area contributed by atoms with Crippen LogP contribution in [0.25, 0.3) is 17.2 Å². The van der Waals surface area contributed by atoms with E-state index in [4.69, 9.17) is 14.8 Å². The fraction of sp³-hybridized carbons (Fsp3) is 0.481. The molecule has 0 amide bonds. The lowest BCUT2D eigenvalue weighted by atomic mass is 9.85. The van der Waals surface area contributed by atoms with Gasteiger partial charge in [-0.05, 0) is 47.6 Å². The summed E-state index contributed by atoms with van der Waals surface area (Å²) in [6.45, 7) is 10.4. The Hall–Kier alpha value is -2.61. The second kappa shape index (κ2) is 12.2. The third-order valence-electron chi connectivity index (χ3n) is 5.65. The predicted octanol–water partition coefficient (Wildman–Crippen LogP) is 5.19. The van der Waals surface area contributed by atoms with Gasteiger partial charge in [-0.25, -0.2) is 4.39 Å². The highest BCUT2D eigenvalue weighted by Crippen LogP contribution is 2.39. The molecule has 0 bridgehead atoms. The summed E-state index contributed by atoms with van der Waals surface area (Å²) in [7, 11) is 1.62. The van der Waals surface area contributed by atoms with Gasteiger partial charge < -0.3 is 20.1 Å². The number of nitrogens with zero attached hydrogens (tertiary/aromatic N) is 1. The number of aliphatic hydroxyl groups excluding tert-OH is 2. The average molecular weight is 474 g/mol. The molecule has 0 fully saturated rings. The number of hydrogen-bond donors (Lipinski definition) is 3. The first-order valence-electron chi connectivity index (χ1n) is 11.5. The molecule has 1 aromatic heterocycles. The molecular formula is C27H36FNO5. The number of carboxylic acid groups (broad SMARTS) is 1. The van der Waals surface area contributed by atoms with Crippen LogP contribution in [0.15, 0.2) is 24.3 Å². The fourth-order valence-electron chi connectivity index (χ4n) is 4.12. The maximum Gasteiger partial charge on any atom is 0.305 e. The quantitative estimate of drug-likeness (QED) is 0.415. The number of halogens is 1. The van der Waals surface area contributed by atoms with Crippen molar-refractivity contribution in [1.29, 1.82) is 0 Å². The first-order chi connectivity index (χ1) is 16.0. The van der Waals surface area contributed by atoms with Crippen LogP contribution in [-0.2, 0) is 16.1 Å². The van der Waals surface area contributed by atoms with E-state index in [1.807, 2.05) is 20.8 Å². The lowest BCUT2D eigenvalue weighted by Gasteiger charge is -2.24. The highest BCUT2D eigenvalue weighted by Gasteiger charge is 2.24. The molecule has 1 heterocycles. The molecule has 0 saturated heterocycles. The number of rotatable bonds is 11. The van der Waals surface area contributed by atoms with Crippen molar-refractivity contribution in [3.8, 4) is 11.1 Å². The van der Waals surface area contributed by atoms with Gasteiger partial charge in [0.1, 0.15) is 5.82 Å². The van der Waals surface area contributed by atoms with Crippen LogP contribution >= 0.6 is 0 Å². The van der Waals surface area contributed by atoms with Crippen molar-refractivity contribution in [2.24, 2.45) is 0 Å². The zero-order valence-corrected chi connectivity index (χ0v) is 20.8. The normalized spacial score (nSPS) is 13.7. The van der Waals surface area contributed by atoms with Crippen molar-refractivity contribution in [1.82, 2.24) is 4.98 Å². The summed E-state index contributed by atoms with van der Waals surface area (Å²) < 4.78 is 19.5. The first kappa shape index (κ1) is 27.6. The second-order valence-electron chi connectivity index (χ2n) is 9.27. The molecule has 0 unspecified atom stereocenters. The number of benzene rings is 1. The summed E-state index contributed by atoms with van der Waals surface area (Å²) in [6.07, 6.45) is 0.556. The smallest absolute Gasteiger partial charge is 0.305 e. The summed E-state index contributed by atoms with van der Waals surface area (Å²) in [5.41, 5.74) is 5.90. The van der Waals surface area contributed by atoms with Gasteiger partial charge in [0.15, 0.2) is 0 Å². The molecule has 0 saturated carbocycles. The monoisotopic (exact) mass is 473 g/mol. The molecule has 7 heteroatoms. The molecule has 2 rings (SSSR count). The van der Waals surface area contributed by atoms with E-state index >= 15 is 0 Å². The van der Waals surface area contributed by atoms with E-state index in [9.17, 15) is 19.4 Å². The number of aromatic nitrogens is 1. The minimum atomic E-state index is -1.16. The van der Waals surface area contributed by atoms with E-state index in [1.54, 1.807) is 25.3 Å². The number of carboxylic acids is 1. The Kier molecular flexibility index (Phi) is 9.91. The Labute approximate surface area is 201 Å². The summed E-state index contributed by atoms with van der Waals surface area (Å²) in [4.78, 5) is 15.8. The van der Waals surface area contributed by atoms with Gasteiger partial charge in [0.2, 0.25) is 0 Å². The summed E-state index contributed by atoms with van der Waals surface area (Å²) >= 11 is 0. The Morgan fingerprint density at radius 2 is 1.79 bits per heavy atom. The van der Waals surface area contributed by atoms with E-state index in [0.29, 0.717) is 6.61 Å². The van der Waals surface area contributed by atoms with Gasteiger partial charge in [-0.2, -0.15) is 0 Å². The molecule has 0 aliphatic carbocycles. The van der Waals surface area contributed by atoms with Crippen LogP contribution in [0.5, 0.6) is 0 Å². The van der Waals surface area contributed by atoms with E-state index in [1.165, 1.54) is 12.1 Å². The van der Waals surface area contributed by atoms with E-state index < -0.39 is 24.6 Å². The highest BCUT2D eigenvalue weighted by atomic mass is 19.1. The maximum absolute atomic E-state index is 13.9. The fourth-order valence-corrected chi connectivity index (χ4v) is 4.12. The third kappa shape index (κ3) is 6.95. The van der Waals surface area contributed by atoms with Crippen LogP contribution in [0.1, 0.15) is 80.5 Å². The molecule has 0 aliphatic heterocycles. The standard InChI is InChI=1S/C27H36FNO5/c1-15(2)26-22(10-8-19(30)12-20(31)13-24(32)33)25(21-9-7-18(28)11-17(21)5)23(14-34-6)27(29-26)16(3)4/h7-11,15-16,19-20,30-31H,12-14H2,1-6H3,(H,32,33)/b10-8+/t19-,20-/m1/s1. The number of aryl methyl sites for hydroxylation is 1. The zero-order valence-electron chi connectivity index (χ0n) is 20.8. The number of ether oxygens (including phenoxy) is 1. The lowest BCUT2D eigenvalue weighted by molar-refractivity contribution is -0.139. The second-order valence-corrected chi connectivity index (χ2v) is 9.27. The molecule has 0 spiro atoms. The van der Waals surface area contributed by atoms with Crippen molar-refractivity contribution < 1.29 is 29.2 Å². The highest BCUT2D eigenvalue weighted by molar-refractivity contribution is 5.82. The van der Waals surface area contributed by atoms with Gasteiger partial charge >= 0.3 is 5.97 Å². The Morgan fingerprint density at radius 1 is 1.15 bits per heavy atom. The molecule has 3 N–H and O–H groups in total. The van der Waals surface area contributed by atoms with Gasteiger partial charge in [0, 0.05) is 30.4 Å². The summed E-state index contributed by atoms with van der Waals surface area (Å²) in [5, 5.41) is 29.2. The number of aliphatic carboxylic acids is 1.